The Morgan fingerprint density at radius 3 is 2.89 bits per heavy atom. The van der Waals surface area contributed by atoms with E-state index in [1.54, 1.807) is 13.2 Å². The molecular formula is C14H22N2O2. The highest BCUT2D eigenvalue weighted by Gasteiger charge is 2.04. The van der Waals surface area contributed by atoms with Gasteiger partial charge in [0.25, 0.3) is 0 Å². The van der Waals surface area contributed by atoms with Crippen molar-refractivity contribution in [1.29, 1.82) is 0 Å². The Hall–Kier alpha value is -1.55. The molecule has 1 aromatic rings. The zero-order valence-corrected chi connectivity index (χ0v) is 11.3. The second kappa shape index (κ2) is 7.71. The summed E-state index contributed by atoms with van der Waals surface area (Å²) in [7, 11) is 1.61. The molecule has 1 aromatic carbocycles. The number of hydrogen-bond acceptors (Lipinski definition) is 3. The van der Waals surface area contributed by atoms with E-state index in [4.69, 9.17) is 4.74 Å². The summed E-state index contributed by atoms with van der Waals surface area (Å²) in [5.74, 6) is 0.754. The lowest BCUT2D eigenvalue weighted by atomic mass is 10.2. The van der Waals surface area contributed by atoms with Gasteiger partial charge in [-0.15, -0.1) is 0 Å². The molecule has 1 unspecified atom stereocenters. The van der Waals surface area contributed by atoms with E-state index >= 15 is 0 Å². The Labute approximate surface area is 109 Å². The quantitative estimate of drug-likeness (QED) is 0.781. The maximum atomic E-state index is 11.7. The Morgan fingerprint density at radius 1 is 1.44 bits per heavy atom. The number of methoxy groups -OCH3 is 1. The van der Waals surface area contributed by atoms with Gasteiger partial charge in [0.2, 0.25) is 5.91 Å². The van der Waals surface area contributed by atoms with Crippen LogP contribution in [0.1, 0.15) is 26.7 Å². The second-order valence-electron chi connectivity index (χ2n) is 4.29. The maximum Gasteiger partial charge on any atom is 0.225 e. The standard InChI is InChI=1S/C14H22N2O2/c1-4-11(2)15-9-8-14(17)16-12-6-5-7-13(10-12)18-3/h5-7,10-11,15H,4,8-9H2,1-3H3,(H,16,17). The number of amides is 1. The van der Waals surface area contributed by atoms with Crippen molar-refractivity contribution < 1.29 is 9.53 Å². The molecule has 0 aliphatic rings. The highest BCUT2D eigenvalue weighted by atomic mass is 16.5. The third kappa shape index (κ3) is 5.19. The molecule has 0 aromatic heterocycles. The molecule has 0 saturated heterocycles. The van der Waals surface area contributed by atoms with Crippen LogP contribution >= 0.6 is 0 Å². The van der Waals surface area contributed by atoms with Gasteiger partial charge < -0.3 is 15.4 Å². The van der Waals surface area contributed by atoms with Crippen molar-refractivity contribution in [1.82, 2.24) is 5.32 Å². The number of hydrogen-bond donors (Lipinski definition) is 2. The summed E-state index contributed by atoms with van der Waals surface area (Å²) in [6.07, 6.45) is 1.54. The highest BCUT2D eigenvalue weighted by molar-refractivity contribution is 5.90. The molecule has 0 aliphatic carbocycles. The van der Waals surface area contributed by atoms with Crippen molar-refractivity contribution in [3.8, 4) is 5.75 Å². The van der Waals surface area contributed by atoms with E-state index in [2.05, 4.69) is 24.5 Å². The van der Waals surface area contributed by atoms with Crippen LogP contribution in [0.5, 0.6) is 5.75 Å². The van der Waals surface area contributed by atoms with Crippen molar-refractivity contribution in [2.45, 2.75) is 32.7 Å². The molecule has 100 valence electrons. The first-order valence-electron chi connectivity index (χ1n) is 6.33. The van der Waals surface area contributed by atoms with Crippen LogP contribution < -0.4 is 15.4 Å². The summed E-state index contributed by atoms with van der Waals surface area (Å²) in [5.41, 5.74) is 0.767. The number of carbonyl (C=O) groups is 1. The zero-order valence-electron chi connectivity index (χ0n) is 11.3. The van der Waals surface area contributed by atoms with Gasteiger partial charge in [0.15, 0.2) is 0 Å². The molecule has 4 nitrogen and oxygen atoms in total. The van der Waals surface area contributed by atoms with Crippen molar-refractivity contribution in [3.05, 3.63) is 24.3 Å². The smallest absolute Gasteiger partial charge is 0.225 e. The number of anilines is 1. The van der Waals surface area contributed by atoms with E-state index in [0.29, 0.717) is 19.0 Å². The molecule has 0 spiro atoms. The lowest BCUT2D eigenvalue weighted by Gasteiger charge is -2.11. The normalized spacial score (nSPS) is 11.9. The molecule has 1 amide bonds. The molecule has 0 heterocycles. The van der Waals surface area contributed by atoms with Crippen LogP contribution in [0.15, 0.2) is 24.3 Å². The third-order valence-electron chi connectivity index (χ3n) is 2.81. The van der Waals surface area contributed by atoms with Crippen LogP contribution in [-0.2, 0) is 4.79 Å². The summed E-state index contributed by atoms with van der Waals surface area (Å²) >= 11 is 0. The molecule has 2 N–H and O–H groups in total. The Kier molecular flexibility index (Phi) is 6.22. The Bertz CT molecular complexity index is 380. The zero-order chi connectivity index (χ0) is 13.4. The average molecular weight is 250 g/mol. The molecule has 0 saturated carbocycles. The van der Waals surface area contributed by atoms with Crippen LogP contribution in [0.3, 0.4) is 0 Å². The van der Waals surface area contributed by atoms with Crippen LogP contribution in [0.2, 0.25) is 0 Å². The van der Waals surface area contributed by atoms with Crippen LogP contribution in [0.25, 0.3) is 0 Å². The van der Waals surface area contributed by atoms with Crippen molar-refractivity contribution in [2.24, 2.45) is 0 Å². The van der Waals surface area contributed by atoms with Gasteiger partial charge in [0.1, 0.15) is 5.75 Å². The summed E-state index contributed by atoms with van der Waals surface area (Å²) < 4.78 is 5.10. The molecule has 0 aliphatic heterocycles. The van der Waals surface area contributed by atoms with Gasteiger partial charge in [-0.05, 0) is 25.5 Å². The van der Waals surface area contributed by atoms with Gasteiger partial charge >= 0.3 is 0 Å². The SMILES string of the molecule is CCC(C)NCCC(=O)Nc1cccc(OC)c1. The van der Waals surface area contributed by atoms with E-state index in [1.165, 1.54) is 0 Å². The van der Waals surface area contributed by atoms with Crippen LogP contribution in [0.4, 0.5) is 5.69 Å². The minimum absolute atomic E-state index is 0.0130. The van der Waals surface area contributed by atoms with E-state index in [1.807, 2.05) is 18.2 Å². The lowest BCUT2D eigenvalue weighted by Crippen LogP contribution is -2.28. The van der Waals surface area contributed by atoms with E-state index in [0.717, 1.165) is 17.9 Å². The average Bonchev–Trinajstić information content (AvgIpc) is 2.38. The van der Waals surface area contributed by atoms with Gasteiger partial charge in [0, 0.05) is 30.8 Å². The van der Waals surface area contributed by atoms with E-state index < -0.39 is 0 Å². The number of benzene rings is 1. The highest BCUT2D eigenvalue weighted by Crippen LogP contribution is 2.16. The van der Waals surface area contributed by atoms with Gasteiger partial charge in [0.05, 0.1) is 7.11 Å². The minimum Gasteiger partial charge on any atom is -0.497 e. The molecule has 18 heavy (non-hydrogen) atoms. The molecule has 0 radical (unpaired) electrons. The molecule has 1 atom stereocenters. The largest absolute Gasteiger partial charge is 0.497 e. The first-order valence-corrected chi connectivity index (χ1v) is 6.33. The van der Waals surface area contributed by atoms with Crippen molar-refractivity contribution in [2.75, 3.05) is 19.0 Å². The fraction of sp³-hybridized carbons (Fsp3) is 0.500. The minimum atomic E-state index is 0.0130. The first kappa shape index (κ1) is 14.5. The van der Waals surface area contributed by atoms with E-state index in [-0.39, 0.29) is 5.91 Å². The molecule has 0 fully saturated rings. The topological polar surface area (TPSA) is 50.4 Å². The predicted molar refractivity (Wildman–Crippen MR) is 74.0 cm³/mol. The molecule has 4 heteroatoms. The Balaban J connectivity index is 2.35. The monoisotopic (exact) mass is 250 g/mol. The predicted octanol–water partition coefficient (Wildman–Crippen LogP) is 2.41. The number of nitrogens with one attached hydrogen (secondary N) is 2. The molecule has 1 rings (SSSR count). The Morgan fingerprint density at radius 2 is 2.22 bits per heavy atom. The van der Waals surface area contributed by atoms with Gasteiger partial charge in [-0.2, -0.15) is 0 Å². The number of carbonyl (C=O) groups excluding carboxylic acids is 1. The van der Waals surface area contributed by atoms with Gasteiger partial charge in [-0.1, -0.05) is 13.0 Å². The maximum absolute atomic E-state index is 11.7. The van der Waals surface area contributed by atoms with E-state index in [9.17, 15) is 4.79 Å². The van der Waals surface area contributed by atoms with Gasteiger partial charge in [-0.25, -0.2) is 0 Å². The lowest BCUT2D eigenvalue weighted by molar-refractivity contribution is -0.116. The number of ether oxygens (including phenoxy) is 1. The van der Waals surface area contributed by atoms with Gasteiger partial charge in [-0.3, -0.25) is 4.79 Å². The van der Waals surface area contributed by atoms with Crippen molar-refractivity contribution in [3.63, 3.8) is 0 Å². The fourth-order valence-electron chi connectivity index (χ4n) is 1.50. The molecular weight excluding hydrogens is 228 g/mol. The van der Waals surface area contributed by atoms with Crippen LogP contribution in [-0.4, -0.2) is 25.6 Å². The summed E-state index contributed by atoms with van der Waals surface area (Å²) in [6.45, 7) is 4.93. The first-order chi connectivity index (χ1) is 8.65. The molecule has 0 bridgehead atoms. The van der Waals surface area contributed by atoms with Crippen molar-refractivity contribution >= 4 is 11.6 Å². The summed E-state index contributed by atoms with van der Waals surface area (Å²) in [4.78, 5) is 11.7. The third-order valence-corrected chi connectivity index (χ3v) is 2.81. The second-order valence-corrected chi connectivity index (χ2v) is 4.29. The fourth-order valence-corrected chi connectivity index (χ4v) is 1.50. The summed E-state index contributed by atoms with van der Waals surface area (Å²) in [5, 5.41) is 6.14. The van der Waals surface area contributed by atoms with Crippen LogP contribution in [0, 0.1) is 0 Å². The number of rotatable bonds is 7. The summed E-state index contributed by atoms with van der Waals surface area (Å²) in [6, 6.07) is 7.81.